The van der Waals surface area contributed by atoms with Crippen LogP contribution in [0.4, 0.5) is 18.9 Å². The van der Waals surface area contributed by atoms with Gasteiger partial charge in [0.25, 0.3) is 11.7 Å². The lowest BCUT2D eigenvalue weighted by atomic mass is 9.97. The number of carbonyl (C=O) groups is 3. The molecule has 0 saturated carbocycles. The number of ketones is 1. The van der Waals surface area contributed by atoms with Crippen LogP contribution in [0.15, 0.2) is 18.2 Å². The number of Topliss-reactive ketones (excluding diaryl/α,β-unsaturated/α-hetero) is 1. The number of benzene rings is 1. The van der Waals surface area contributed by atoms with Gasteiger partial charge in [-0.2, -0.15) is 13.2 Å². The Balaban J connectivity index is 3.01. The van der Waals surface area contributed by atoms with Gasteiger partial charge < -0.3 is 10.1 Å². The molecule has 0 radical (unpaired) electrons. The average Bonchev–Trinajstić information content (AvgIpc) is 2.46. The number of hydrogen-bond acceptors (Lipinski definition) is 4. The predicted octanol–water partition coefficient (Wildman–Crippen LogP) is 3.81. The zero-order valence-corrected chi connectivity index (χ0v) is 15.4. The Hall–Kier alpha value is -1.66. The second-order valence-electron chi connectivity index (χ2n) is 6.08. The summed E-state index contributed by atoms with van der Waals surface area (Å²) in [5.41, 5.74) is -2.07. The largest absolute Gasteiger partial charge is 0.454 e. The summed E-state index contributed by atoms with van der Waals surface area (Å²) in [6.07, 6.45) is -5.14. The number of rotatable bonds is 4. The second-order valence-corrected chi connectivity index (χ2v) is 7.12. The molecular weight excluding hydrogens is 382 g/mol. The number of esters is 1. The molecule has 1 rings (SSSR count). The highest BCUT2D eigenvalue weighted by Gasteiger charge is 2.41. The average molecular weight is 398 g/mol. The lowest BCUT2D eigenvalue weighted by Crippen LogP contribution is -2.33. The third kappa shape index (κ3) is 5.97. The van der Waals surface area contributed by atoms with Gasteiger partial charge in [0, 0.05) is 5.02 Å². The fourth-order valence-corrected chi connectivity index (χ4v) is 1.89. The van der Waals surface area contributed by atoms with Crippen LogP contribution in [-0.4, -0.2) is 29.7 Å². The minimum atomic E-state index is -5.14. The number of hydrogen-bond donors (Lipinski definition) is 1. The van der Waals surface area contributed by atoms with Crippen LogP contribution >= 0.6 is 20.8 Å². The number of halogens is 4. The molecular formula is C15H16ClF3NO4P. The molecule has 25 heavy (non-hydrogen) atoms. The molecule has 0 aliphatic carbocycles. The normalized spacial score (nSPS) is 13.1. The van der Waals surface area contributed by atoms with Crippen molar-refractivity contribution in [3.8, 4) is 0 Å². The molecule has 5 nitrogen and oxygen atoms in total. The molecule has 0 heterocycles. The standard InChI is InChI=1S/C15H16ClF3NO4P/c1-14(2,3)13(23)24-12(25)11(22)20-9-5-4-7(16)6-8(9)10(21)15(17,18)19/h4-6,12H,25H2,1-3H3,(H,20,22). The first-order chi connectivity index (χ1) is 11.2. The number of nitrogens with one attached hydrogen (secondary N) is 1. The maximum atomic E-state index is 12.7. The van der Waals surface area contributed by atoms with E-state index >= 15 is 0 Å². The molecule has 1 N–H and O–H groups in total. The lowest BCUT2D eigenvalue weighted by Gasteiger charge is -2.21. The third-order valence-electron chi connectivity index (χ3n) is 2.85. The molecule has 0 aliphatic rings. The van der Waals surface area contributed by atoms with Gasteiger partial charge in [0.1, 0.15) is 0 Å². The smallest absolute Gasteiger partial charge is 0.448 e. The number of alkyl halides is 3. The van der Waals surface area contributed by atoms with Crippen molar-refractivity contribution in [2.75, 3.05) is 5.32 Å². The van der Waals surface area contributed by atoms with E-state index in [0.717, 1.165) is 12.1 Å². The first-order valence-corrected chi connectivity index (χ1v) is 7.96. The summed E-state index contributed by atoms with van der Waals surface area (Å²) in [4.78, 5) is 35.3. The minimum absolute atomic E-state index is 0.104. The van der Waals surface area contributed by atoms with Crippen molar-refractivity contribution >= 4 is 44.2 Å². The zero-order chi connectivity index (χ0) is 19.6. The molecule has 138 valence electrons. The Morgan fingerprint density at radius 3 is 2.24 bits per heavy atom. The van der Waals surface area contributed by atoms with Crippen LogP contribution in [0.5, 0.6) is 0 Å². The number of amides is 1. The number of ether oxygens (including phenoxy) is 1. The van der Waals surface area contributed by atoms with Crippen molar-refractivity contribution in [1.82, 2.24) is 0 Å². The fourth-order valence-electron chi connectivity index (χ4n) is 1.52. The van der Waals surface area contributed by atoms with Crippen LogP contribution in [0.1, 0.15) is 31.1 Å². The summed E-state index contributed by atoms with van der Waals surface area (Å²) in [5, 5.41) is 2.03. The molecule has 0 spiro atoms. The van der Waals surface area contributed by atoms with Gasteiger partial charge in [0.15, 0.2) is 5.85 Å². The quantitative estimate of drug-likeness (QED) is 0.476. The van der Waals surface area contributed by atoms with Crippen LogP contribution in [-0.2, 0) is 14.3 Å². The van der Waals surface area contributed by atoms with Crippen molar-refractivity contribution in [1.29, 1.82) is 0 Å². The lowest BCUT2D eigenvalue weighted by molar-refractivity contribution is -0.157. The minimum Gasteiger partial charge on any atom is -0.448 e. The van der Waals surface area contributed by atoms with E-state index in [2.05, 4.69) is 5.32 Å². The SMILES string of the molecule is CC(C)(C)C(=O)OC(P)C(=O)Nc1ccc(Cl)cc1C(=O)C(F)(F)F. The van der Waals surface area contributed by atoms with Gasteiger partial charge in [-0.15, -0.1) is 0 Å². The fraction of sp³-hybridized carbons (Fsp3) is 0.400. The van der Waals surface area contributed by atoms with E-state index in [1.165, 1.54) is 6.07 Å². The van der Waals surface area contributed by atoms with Crippen LogP contribution in [0.3, 0.4) is 0 Å². The molecule has 10 heteroatoms. The first-order valence-electron chi connectivity index (χ1n) is 6.92. The van der Waals surface area contributed by atoms with E-state index in [1.807, 2.05) is 9.24 Å². The van der Waals surface area contributed by atoms with Crippen LogP contribution in [0.2, 0.25) is 5.02 Å². The van der Waals surface area contributed by atoms with Crippen molar-refractivity contribution < 1.29 is 32.3 Å². The van der Waals surface area contributed by atoms with Gasteiger partial charge in [0.05, 0.1) is 16.7 Å². The van der Waals surface area contributed by atoms with Gasteiger partial charge in [0.2, 0.25) is 0 Å². The Kier molecular flexibility index (Phi) is 6.59. The summed E-state index contributed by atoms with van der Waals surface area (Å²) in [5.74, 6) is -5.10. The molecule has 2 atom stereocenters. The first kappa shape index (κ1) is 21.4. The van der Waals surface area contributed by atoms with E-state index in [-0.39, 0.29) is 5.02 Å². The van der Waals surface area contributed by atoms with E-state index < -0.39 is 46.3 Å². The van der Waals surface area contributed by atoms with Crippen LogP contribution in [0, 0.1) is 5.41 Å². The Bertz CT molecular complexity index is 701. The molecule has 1 aromatic rings. The molecule has 0 saturated heterocycles. The van der Waals surface area contributed by atoms with Crippen LogP contribution in [0.25, 0.3) is 0 Å². The van der Waals surface area contributed by atoms with Crippen molar-refractivity contribution in [2.24, 2.45) is 5.41 Å². The maximum Gasteiger partial charge on any atom is 0.454 e. The van der Waals surface area contributed by atoms with Crippen molar-refractivity contribution in [3.63, 3.8) is 0 Å². The number of anilines is 1. The summed E-state index contributed by atoms with van der Waals surface area (Å²) < 4.78 is 42.9. The van der Waals surface area contributed by atoms with Gasteiger partial charge in [-0.3, -0.25) is 14.4 Å². The van der Waals surface area contributed by atoms with E-state index in [4.69, 9.17) is 16.3 Å². The Morgan fingerprint density at radius 2 is 1.76 bits per heavy atom. The van der Waals surface area contributed by atoms with Crippen molar-refractivity contribution in [3.05, 3.63) is 28.8 Å². The van der Waals surface area contributed by atoms with Gasteiger partial charge >= 0.3 is 12.1 Å². The Morgan fingerprint density at radius 1 is 1.20 bits per heavy atom. The topological polar surface area (TPSA) is 72.5 Å². The molecule has 1 aromatic carbocycles. The van der Waals surface area contributed by atoms with E-state index in [9.17, 15) is 27.6 Å². The summed E-state index contributed by atoms with van der Waals surface area (Å²) in [6.45, 7) is 4.72. The highest BCUT2D eigenvalue weighted by molar-refractivity contribution is 7.19. The monoisotopic (exact) mass is 397 g/mol. The highest BCUT2D eigenvalue weighted by Crippen LogP contribution is 2.29. The summed E-state index contributed by atoms with van der Waals surface area (Å²) in [6, 6.07) is 3.07. The molecule has 0 aromatic heterocycles. The van der Waals surface area contributed by atoms with E-state index in [1.54, 1.807) is 20.8 Å². The van der Waals surface area contributed by atoms with Crippen molar-refractivity contribution in [2.45, 2.75) is 32.8 Å². The molecule has 2 unspecified atom stereocenters. The zero-order valence-electron chi connectivity index (χ0n) is 13.5. The van der Waals surface area contributed by atoms with Gasteiger partial charge in [-0.05, 0) is 39.0 Å². The number of carbonyl (C=O) groups excluding carboxylic acids is 3. The molecule has 0 fully saturated rings. The Labute approximate surface area is 149 Å². The predicted molar refractivity (Wildman–Crippen MR) is 89.5 cm³/mol. The maximum absolute atomic E-state index is 12.7. The summed E-state index contributed by atoms with van der Waals surface area (Å²) in [7, 11) is 1.96. The third-order valence-corrected chi connectivity index (χ3v) is 3.52. The van der Waals surface area contributed by atoms with Crippen LogP contribution < -0.4 is 5.32 Å². The second kappa shape index (κ2) is 7.70. The molecule has 1 amide bonds. The van der Waals surface area contributed by atoms with Gasteiger partial charge in [-0.1, -0.05) is 20.8 Å². The van der Waals surface area contributed by atoms with Gasteiger partial charge in [-0.25, -0.2) is 0 Å². The summed E-state index contributed by atoms with van der Waals surface area (Å²) >= 11 is 5.62. The highest BCUT2D eigenvalue weighted by atomic mass is 35.5. The molecule has 0 bridgehead atoms. The van der Waals surface area contributed by atoms with E-state index in [0.29, 0.717) is 0 Å². The molecule has 0 aliphatic heterocycles.